The maximum Gasteiger partial charge on any atom is 0.410 e. The monoisotopic (exact) mass is 315 g/mol. The van der Waals surface area contributed by atoms with E-state index in [1.807, 2.05) is 20.8 Å². The van der Waals surface area contributed by atoms with Crippen LogP contribution in [0.5, 0.6) is 0 Å². The molecule has 0 aliphatic carbocycles. The third-order valence-electron chi connectivity index (χ3n) is 4.28. The Morgan fingerprint density at radius 3 is 2.65 bits per heavy atom. The number of aromatic nitrogens is 2. The number of H-pyrrole nitrogens is 1. The lowest BCUT2D eigenvalue weighted by Gasteiger charge is -2.33. The van der Waals surface area contributed by atoms with Crippen LogP contribution in [0, 0.1) is 6.92 Å². The highest BCUT2D eigenvalue weighted by atomic mass is 16.6. The van der Waals surface area contributed by atoms with Crippen LogP contribution in [0.2, 0.25) is 0 Å². The lowest BCUT2D eigenvalue weighted by molar-refractivity contribution is 0.0204. The van der Waals surface area contributed by atoms with Crippen molar-refractivity contribution in [1.29, 1.82) is 0 Å². The average Bonchev–Trinajstić information content (AvgIpc) is 2.88. The molecule has 23 heavy (non-hydrogen) atoms. The molecule has 1 aromatic carbocycles. The molecule has 1 aliphatic rings. The summed E-state index contributed by atoms with van der Waals surface area (Å²) in [6.45, 7) is 9.22. The van der Waals surface area contributed by atoms with Crippen molar-refractivity contribution in [3.05, 3.63) is 29.5 Å². The van der Waals surface area contributed by atoms with Gasteiger partial charge in [0.05, 0.1) is 11.2 Å². The van der Waals surface area contributed by atoms with E-state index in [0.29, 0.717) is 5.92 Å². The number of piperidine rings is 1. The predicted molar refractivity (Wildman–Crippen MR) is 90.6 cm³/mol. The zero-order valence-corrected chi connectivity index (χ0v) is 14.3. The maximum atomic E-state index is 12.1. The quantitative estimate of drug-likeness (QED) is 0.865. The summed E-state index contributed by atoms with van der Waals surface area (Å²) < 4.78 is 5.45. The molecule has 1 N–H and O–H groups in total. The average molecular weight is 315 g/mol. The Hall–Kier alpha value is -2.04. The zero-order valence-electron chi connectivity index (χ0n) is 14.3. The van der Waals surface area contributed by atoms with Gasteiger partial charge in [0.15, 0.2) is 0 Å². The van der Waals surface area contributed by atoms with E-state index in [2.05, 4.69) is 35.3 Å². The number of benzene rings is 1. The summed E-state index contributed by atoms with van der Waals surface area (Å²) in [5.74, 6) is 0.394. The second kappa shape index (κ2) is 5.87. The molecule has 0 bridgehead atoms. The van der Waals surface area contributed by atoms with Crippen LogP contribution in [-0.2, 0) is 4.74 Å². The first-order chi connectivity index (χ1) is 10.8. The number of carbonyl (C=O) groups excluding carboxylic acids is 1. The van der Waals surface area contributed by atoms with Crippen LogP contribution < -0.4 is 0 Å². The molecular formula is C18H25N3O2. The summed E-state index contributed by atoms with van der Waals surface area (Å²) in [6.07, 6.45) is 1.64. The minimum absolute atomic E-state index is 0.210. The predicted octanol–water partition coefficient (Wildman–Crippen LogP) is 3.99. The van der Waals surface area contributed by atoms with Crippen LogP contribution in [0.4, 0.5) is 4.79 Å². The summed E-state index contributed by atoms with van der Waals surface area (Å²) in [7, 11) is 0. The van der Waals surface area contributed by atoms with Gasteiger partial charge >= 0.3 is 6.09 Å². The first-order valence-electron chi connectivity index (χ1n) is 8.26. The first-order valence-corrected chi connectivity index (χ1v) is 8.26. The van der Waals surface area contributed by atoms with Gasteiger partial charge in [-0.05, 0) is 52.2 Å². The molecule has 2 aromatic rings. The number of hydrogen-bond acceptors (Lipinski definition) is 3. The van der Waals surface area contributed by atoms with E-state index in [4.69, 9.17) is 4.74 Å². The molecule has 1 aromatic heterocycles. The van der Waals surface area contributed by atoms with Gasteiger partial charge in [-0.25, -0.2) is 4.79 Å². The fourth-order valence-electron chi connectivity index (χ4n) is 3.13. The van der Waals surface area contributed by atoms with Gasteiger partial charge in [0, 0.05) is 24.4 Å². The van der Waals surface area contributed by atoms with Crippen LogP contribution in [0.1, 0.15) is 50.8 Å². The van der Waals surface area contributed by atoms with Crippen molar-refractivity contribution in [3.63, 3.8) is 0 Å². The lowest BCUT2D eigenvalue weighted by Crippen LogP contribution is -2.41. The molecule has 0 atom stereocenters. The Morgan fingerprint density at radius 2 is 2.00 bits per heavy atom. The molecular weight excluding hydrogens is 290 g/mol. The van der Waals surface area contributed by atoms with Crippen molar-refractivity contribution in [2.45, 2.75) is 52.1 Å². The van der Waals surface area contributed by atoms with E-state index < -0.39 is 5.60 Å². The van der Waals surface area contributed by atoms with Crippen molar-refractivity contribution in [2.75, 3.05) is 13.1 Å². The standard InChI is InChI=1S/C18H25N3O2/c1-12-5-6-14-15(11-12)19-20-16(14)13-7-9-21(10-8-13)17(22)23-18(2,3)4/h5-6,11,13H,7-10H2,1-4H3,(H,19,20). The number of rotatable bonds is 1. The van der Waals surface area contributed by atoms with Crippen molar-refractivity contribution >= 4 is 17.0 Å². The molecule has 5 nitrogen and oxygen atoms in total. The Kier molecular flexibility index (Phi) is 4.04. The third-order valence-corrected chi connectivity index (χ3v) is 4.28. The Bertz CT molecular complexity index is 707. The molecule has 124 valence electrons. The SMILES string of the molecule is Cc1ccc2c(C3CCN(C(=O)OC(C)(C)C)CC3)n[nH]c2c1. The van der Waals surface area contributed by atoms with E-state index in [1.165, 1.54) is 10.9 Å². The Balaban J connectivity index is 1.67. The van der Waals surface area contributed by atoms with Crippen molar-refractivity contribution < 1.29 is 9.53 Å². The van der Waals surface area contributed by atoms with Gasteiger partial charge in [0.2, 0.25) is 0 Å². The number of aromatic amines is 1. The summed E-state index contributed by atoms with van der Waals surface area (Å²) >= 11 is 0. The number of hydrogen-bond donors (Lipinski definition) is 1. The van der Waals surface area contributed by atoms with Crippen LogP contribution in [0.25, 0.3) is 10.9 Å². The van der Waals surface area contributed by atoms with Crippen LogP contribution >= 0.6 is 0 Å². The number of amides is 1. The Morgan fingerprint density at radius 1 is 1.30 bits per heavy atom. The number of nitrogens with zero attached hydrogens (tertiary/aromatic N) is 2. The van der Waals surface area contributed by atoms with Gasteiger partial charge in [-0.1, -0.05) is 12.1 Å². The van der Waals surface area contributed by atoms with Gasteiger partial charge in [0.25, 0.3) is 0 Å². The molecule has 0 unspecified atom stereocenters. The van der Waals surface area contributed by atoms with Gasteiger partial charge in [-0.2, -0.15) is 5.10 Å². The van der Waals surface area contributed by atoms with Crippen LogP contribution in [0.3, 0.4) is 0 Å². The normalized spacial score (nSPS) is 16.8. The topological polar surface area (TPSA) is 58.2 Å². The molecule has 0 saturated carbocycles. The molecule has 0 radical (unpaired) electrons. The number of aryl methyl sites for hydroxylation is 1. The summed E-state index contributed by atoms with van der Waals surface area (Å²) in [5, 5.41) is 8.87. The zero-order chi connectivity index (χ0) is 16.6. The lowest BCUT2D eigenvalue weighted by atomic mass is 9.91. The molecule has 1 amide bonds. The fraction of sp³-hybridized carbons (Fsp3) is 0.556. The summed E-state index contributed by atoms with van der Waals surface area (Å²) in [4.78, 5) is 13.9. The second-order valence-electron chi connectivity index (χ2n) is 7.40. The molecule has 0 spiro atoms. The number of carbonyl (C=O) groups is 1. The van der Waals surface area contributed by atoms with Crippen LogP contribution in [0.15, 0.2) is 18.2 Å². The molecule has 1 saturated heterocycles. The second-order valence-corrected chi connectivity index (χ2v) is 7.40. The molecule has 2 heterocycles. The highest BCUT2D eigenvalue weighted by Gasteiger charge is 2.29. The van der Waals surface area contributed by atoms with Crippen molar-refractivity contribution in [2.24, 2.45) is 0 Å². The van der Waals surface area contributed by atoms with Crippen molar-refractivity contribution in [1.82, 2.24) is 15.1 Å². The highest BCUT2D eigenvalue weighted by molar-refractivity contribution is 5.82. The molecule has 3 rings (SSSR count). The van der Waals surface area contributed by atoms with E-state index in [9.17, 15) is 4.79 Å². The van der Waals surface area contributed by atoms with E-state index in [0.717, 1.165) is 37.1 Å². The van der Waals surface area contributed by atoms with Gasteiger partial charge in [0.1, 0.15) is 5.60 Å². The minimum Gasteiger partial charge on any atom is -0.444 e. The van der Waals surface area contributed by atoms with Gasteiger partial charge in [-0.15, -0.1) is 0 Å². The maximum absolute atomic E-state index is 12.1. The van der Waals surface area contributed by atoms with Gasteiger partial charge in [-0.3, -0.25) is 5.10 Å². The molecule has 1 fully saturated rings. The number of ether oxygens (including phenoxy) is 1. The minimum atomic E-state index is -0.440. The summed E-state index contributed by atoms with van der Waals surface area (Å²) in [6, 6.07) is 6.39. The molecule has 5 heteroatoms. The smallest absolute Gasteiger partial charge is 0.410 e. The molecule has 1 aliphatic heterocycles. The first kappa shape index (κ1) is 15.8. The number of likely N-dealkylation sites (tertiary alicyclic amines) is 1. The van der Waals surface area contributed by atoms with E-state index in [-0.39, 0.29) is 6.09 Å². The van der Waals surface area contributed by atoms with E-state index in [1.54, 1.807) is 4.90 Å². The van der Waals surface area contributed by atoms with Crippen LogP contribution in [-0.4, -0.2) is 39.9 Å². The number of fused-ring (bicyclic) bond motifs is 1. The van der Waals surface area contributed by atoms with E-state index >= 15 is 0 Å². The number of nitrogens with one attached hydrogen (secondary N) is 1. The third kappa shape index (κ3) is 3.49. The van der Waals surface area contributed by atoms with Gasteiger partial charge < -0.3 is 9.64 Å². The van der Waals surface area contributed by atoms with Crippen molar-refractivity contribution in [3.8, 4) is 0 Å². The Labute approximate surface area is 137 Å². The fourth-order valence-corrected chi connectivity index (χ4v) is 3.13. The summed E-state index contributed by atoms with van der Waals surface area (Å²) in [5.41, 5.74) is 3.01. The largest absolute Gasteiger partial charge is 0.444 e. The highest BCUT2D eigenvalue weighted by Crippen LogP contribution is 2.32.